The van der Waals surface area contributed by atoms with Crippen molar-refractivity contribution >= 4 is 5.91 Å². The molecule has 2 unspecified atom stereocenters. The lowest BCUT2D eigenvalue weighted by molar-refractivity contribution is -0.139. The molecule has 0 bridgehead atoms. The van der Waals surface area contributed by atoms with E-state index in [0.29, 0.717) is 19.0 Å². The fraction of sp³-hybridized carbons (Fsp3) is 0.409. The van der Waals surface area contributed by atoms with Crippen molar-refractivity contribution < 1.29 is 9.53 Å². The molecule has 4 nitrogen and oxygen atoms in total. The maximum Gasteiger partial charge on any atom is 0.263 e. The summed E-state index contributed by atoms with van der Waals surface area (Å²) >= 11 is 0. The van der Waals surface area contributed by atoms with Crippen LogP contribution in [0.5, 0.6) is 5.75 Å². The zero-order valence-corrected chi connectivity index (χ0v) is 15.4. The number of rotatable bonds is 8. The molecule has 1 heterocycles. The summed E-state index contributed by atoms with van der Waals surface area (Å²) in [5.74, 6) is 0.806. The van der Waals surface area contributed by atoms with Gasteiger partial charge in [-0.05, 0) is 43.5 Å². The van der Waals surface area contributed by atoms with Crippen LogP contribution in [0.1, 0.15) is 31.7 Å². The van der Waals surface area contributed by atoms with Gasteiger partial charge < -0.3 is 15.0 Å². The number of carbonyl (C=O) groups is 1. The van der Waals surface area contributed by atoms with Crippen molar-refractivity contribution in [2.24, 2.45) is 0 Å². The highest BCUT2D eigenvalue weighted by Crippen LogP contribution is 2.17. The topological polar surface area (TPSA) is 41.6 Å². The third-order valence-electron chi connectivity index (χ3n) is 4.80. The molecule has 0 aliphatic carbocycles. The Labute approximate surface area is 156 Å². The summed E-state index contributed by atoms with van der Waals surface area (Å²) in [6, 6.07) is 20.1. The van der Waals surface area contributed by atoms with Crippen molar-refractivity contribution in [3.8, 4) is 5.75 Å². The second-order valence-corrected chi connectivity index (χ2v) is 6.83. The molecular formula is C22H28N2O2. The third-order valence-corrected chi connectivity index (χ3v) is 4.80. The SMILES string of the molecule is CCC(Oc1ccccc1)C(=O)N(Cc1ccccc1)CC1CCCN1. The van der Waals surface area contributed by atoms with Crippen LogP contribution in [0.2, 0.25) is 0 Å². The largest absolute Gasteiger partial charge is 0.481 e. The minimum Gasteiger partial charge on any atom is -0.481 e. The second kappa shape index (κ2) is 9.39. The van der Waals surface area contributed by atoms with E-state index in [9.17, 15) is 4.79 Å². The van der Waals surface area contributed by atoms with E-state index in [1.807, 2.05) is 60.4 Å². The lowest BCUT2D eigenvalue weighted by Gasteiger charge is -2.29. The Morgan fingerprint density at radius 3 is 2.46 bits per heavy atom. The zero-order valence-electron chi connectivity index (χ0n) is 15.4. The maximum atomic E-state index is 13.2. The van der Waals surface area contributed by atoms with Crippen LogP contribution in [0.4, 0.5) is 0 Å². The second-order valence-electron chi connectivity index (χ2n) is 6.83. The molecule has 1 N–H and O–H groups in total. The Morgan fingerprint density at radius 1 is 1.15 bits per heavy atom. The van der Waals surface area contributed by atoms with Crippen LogP contribution in [0, 0.1) is 0 Å². The Hall–Kier alpha value is -2.33. The number of ether oxygens (including phenoxy) is 1. The lowest BCUT2D eigenvalue weighted by atomic mass is 10.1. The van der Waals surface area contributed by atoms with Gasteiger partial charge in [-0.15, -0.1) is 0 Å². The fourth-order valence-electron chi connectivity index (χ4n) is 3.39. The number of benzene rings is 2. The molecule has 1 amide bonds. The predicted molar refractivity (Wildman–Crippen MR) is 104 cm³/mol. The van der Waals surface area contributed by atoms with Crippen molar-refractivity contribution in [2.45, 2.75) is 44.9 Å². The van der Waals surface area contributed by atoms with Gasteiger partial charge >= 0.3 is 0 Å². The van der Waals surface area contributed by atoms with E-state index in [0.717, 1.165) is 30.8 Å². The van der Waals surface area contributed by atoms with Crippen LogP contribution < -0.4 is 10.1 Å². The molecule has 1 aliphatic heterocycles. The highest BCUT2D eigenvalue weighted by atomic mass is 16.5. The van der Waals surface area contributed by atoms with E-state index >= 15 is 0 Å². The standard InChI is InChI=1S/C22H28N2O2/c1-2-21(26-20-13-7-4-8-14-20)22(25)24(17-19-12-9-15-23-19)16-18-10-5-3-6-11-18/h3-8,10-11,13-14,19,21,23H,2,9,12,15-17H2,1H3. The number of nitrogens with zero attached hydrogens (tertiary/aromatic N) is 1. The van der Waals surface area contributed by atoms with E-state index in [-0.39, 0.29) is 5.91 Å². The van der Waals surface area contributed by atoms with Gasteiger partial charge in [0.25, 0.3) is 5.91 Å². The van der Waals surface area contributed by atoms with E-state index in [2.05, 4.69) is 17.4 Å². The lowest BCUT2D eigenvalue weighted by Crippen LogP contribution is -2.46. The Bertz CT molecular complexity index is 669. The number of hydrogen-bond acceptors (Lipinski definition) is 3. The van der Waals surface area contributed by atoms with Crippen molar-refractivity contribution in [3.05, 3.63) is 66.2 Å². The average molecular weight is 352 g/mol. The van der Waals surface area contributed by atoms with Crippen LogP contribution in [-0.2, 0) is 11.3 Å². The molecule has 26 heavy (non-hydrogen) atoms. The molecule has 0 spiro atoms. The first-order valence-corrected chi connectivity index (χ1v) is 9.54. The van der Waals surface area contributed by atoms with Crippen molar-refractivity contribution in [2.75, 3.05) is 13.1 Å². The Balaban J connectivity index is 1.73. The number of carbonyl (C=O) groups excluding carboxylic acids is 1. The quantitative estimate of drug-likeness (QED) is 0.789. The van der Waals surface area contributed by atoms with Gasteiger partial charge in [0, 0.05) is 19.1 Å². The molecule has 138 valence electrons. The summed E-state index contributed by atoms with van der Waals surface area (Å²) in [4.78, 5) is 15.2. The van der Waals surface area contributed by atoms with Crippen molar-refractivity contribution in [1.82, 2.24) is 10.2 Å². The summed E-state index contributed by atoms with van der Waals surface area (Å²) in [5, 5.41) is 3.50. The van der Waals surface area contributed by atoms with Crippen molar-refractivity contribution in [1.29, 1.82) is 0 Å². The van der Waals surface area contributed by atoms with Gasteiger partial charge in [0.15, 0.2) is 6.10 Å². The minimum absolute atomic E-state index is 0.0638. The fourth-order valence-corrected chi connectivity index (χ4v) is 3.39. The van der Waals surface area contributed by atoms with Gasteiger partial charge in [-0.1, -0.05) is 55.5 Å². The molecule has 0 saturated carbocycles. The summed E-state index contributed by atoms with van der Waals surface area (Å²) < 4.78 is 6.00. The molecule has 3 rings (SSSR count). The normalized spacial score (nSPS) is 17.7. The summed E-state index contributed by atoms with van der Waals surface area (Å²) in [6.07, 6.45) is 2.49. The van der Waals surface area contributed by atoms with Gasteiger partial charge in [0.05, 0.1) is 0 Å². The molecule has 0 radical (unpaired) electrons. The molecule has 4 heteroatoms. The van der Waals surface area contributed by atoms with E-state index in [1.54, 1.807) is 0 Å². The predicted octanol–water partition coefficient (Wildman–Crippen LogP) is 3.62. The first-order chi connectivity index (χ1) is 12.8. The highest BCUT2D eigenvalue weighted by Gasteiger charge is 2.28. The molecule has 1 aliphatic rings. The molecule has 2 aromatic carbocycles. The molecule has 0 aromatic heterocycles. The van der Waals surface area contributed by atoms with Gasteiger partial charge in [-0.25, -0.2) is 0 Å². The zero-order chi connectivity index (χ0) is 18.2. The highest BCUT2D eigenvalue weighted by molar-refractivity contribution is 5.81. The first kappa shape index (κ1) is 18.5. The molecule has 2 atom stereocenters. The van der Waals surface area contributed by atoms with Gasteiger partial charge in [0.1, 0.15) is 5.75 Å². The average Bonchev–Trinajstić information content (AvgIpc) is 3.20. The van der Waals surface area contributed by atoms with E-state index < -0.39 is 6.10 Å². The Kier molecular flexibility index (Phi) is 6.67. The summed E-state index contributed by atoms with van der Waals surface area (Å²) in [6.45, 7) is 4.38. The van der Waals surface area contributed by atoms with Gasteiger partial charge in [-0.3, -0.25) is 4.79 Å². The first-order valence-electron chi connectivity index (χ1n) is 9.54. The monoisotopic (exact) mass is 352 g/mol. The molecule has 2 aromatic rings. The van der Waals surface area contributed by atoms with Crippen LogP contribution >= 0.6 is 0 Å². The summed E-state index contributed by atoms with van der Waals surface area (Å²) in [7, 11) is 0. The maximum absolute atomic E-state index is 13.2. The number of hydrogen-bond donors (Lipinski definition) is 1. The van der Waals surface area contributed by atoms with Gasteiger partial charge in [-0.2, -0.15) is 0 Å². The molecule has 1 fully saturated rings. The summed E-state index contributed by atoms with van der Waals surface area (Å²) in [5.41, 5.74) is 1.15. The van der Waals surface area contributed by atoms with Crippen LogP contribution in [0.15, 0.2) is 60.7 Å². The molecular weight excluding hydrogens is 324 g/mol. The minimum atomic E-state index is -0.456. The molecule has 1 saturated heterocycles. The Morgan fingerprint density at radius 2 is 1.85 bits per heavy atom. The number of nitrogens with one attached hydrogen (secondary N) is 1. The number of amides is 1. The smallest absolute Gasteiger partial charge is 0.263 e. The van der Waals surface area contributed by atoms with Crippen LogP contribution in [-0.4, -0.2) is 36.0 Å². The van der Waals surface area contributed by atoms with E-state index in [1.165, 1.54) is 6.42 Å². The third kappa shape index (κ3) is 5.09. The van der Waals surface area contributed by atoms with Crippen LogP contribution in [0.25, 0.3) is 0 Å². The van der Waals surface area contributed by atoms with Crippen molar-refractivity contribution in [3.63, 3.8) is 0 Å². The van der Waals surface area contributed by atoms with Gasteiger partial charge in [0.2, 0.25) is 0 Å². The number of para-hydroxylation sites is 1. The van der Waals surface area contributed by atoms with E-state index in [4.69, 9.17) is 4.74 Å². The van der Waals surface area contributed by atoms with Crippen LogP contribution in [0.3, 0.4) is 0 Å².